The van der Waals surface area contributed by atoms with E-state index in [0.717, 1.165) is 6.42 Å². The van der Waals surface area contributed by atoms with Crippen molar-refractivity contribution in [2.75, 3.05) is 5.73 Å². The fraction of sp³-hybridized carbons (Fsp3) is 0.615. The standard InChI is InChI=1S/C13H22N2O/c1-3-4-5-6-8-11(2)16-13-12(14)9-7-10-15-13/h7,9-11H,3-6,8,14H2,1-2H3. The molecule has 3 heteroatoms. The van der Waals surface area contributed by atoms with E-state index in [2.05, 4.69) is 18.8 Å². The maximum absolute atomic E-state index is 5.76. The number of aromatic nitrogens is 1. The third-order valence-corrected chi connectivity index (χ3v) is 2.58. The molecular weight excluding hydrogens is 200 g/mol. The Labute approximate surface area is 98.0 Å². The van der Waals surface area contributed by atoms with Crippen LogP contribution < -0.4 is 10.5 Å². The van der Waals surface area contributed by atoms with Crippen LogP contribution >= 0.6 is 0 Å². The largest absolute Gasteiger partial charge is 0.473 e. The van der Waals surface area contributed by atoms with Crippen molar-refractivity contribution in [1.29, 1.82) is 0 Å². The average molecular weight is 222 g/mol. The van der Waals surface area contributed by atoms with Gasteiger partial charge in [0.2, 0.25) is 5.88 Å². The molecule has 1 aromatic heterocycles. The van der Waals surface area contributed by atoms with Crippen LogP contribution in [0.4, 0.5) is 5.69 Å². The van der Waals surface area contributed by atoms with E-state index in [4.69, 9.17) is 10.5 Å². The zero-order valence-electron chi connectivity index (χ0n) is 10.3. The minimum atomic E-state index is 0.189. The third kappa shape index (κ3) is 4.51. The highest BCUT2D eigenvalue weighted by atomic mass is 16.5. The molecule has 0 spiro atoms. The maximum Gasteiger partial charge on any atom is 0.237 e. The van der Waals surface area contributed by atoms with Crippen LogP contribution in [0.25, 0.3) is 0 Å². The molecule has 3 nitrogen and oxygen atoms in total. The van der Waals surface area contributed by atoms with Crippen LogP contribution in [-0.4, -0.2) is 11.1 Å². The first-order valence-electron chi connectivity index (χ1n) is 6.11. The van der Waals surface area contributed by atoms with E-state index in [1.54, 1.807) is 6.20 Å². The van der Waals surface area contributed by atoms with Gasteiger partial charge >= 0.3 is 0 Å². The Bertz CT molecular complexity index is 302. The zero-order chi connectivity index (χ0) is 11.8. The Hall–Kier alpha value is -1.25. The van der Waals surface area contributed by atoms with Gasteiger partial charge in [-0.25, -0.2) is 4.98 Å². The van der Waals surface area contributed by atoms with Crippen molar-refractivity contribution in [3.05, 3.63) is 18.3 Å². The summed E-state index contributed by atoms with van der Waals surface area (Å²) in [5.41, 5.74) is 6.37. The monoisotopic (exact) mass is 222 g/mol. The second-order valence-electron chi connectivity index (χ2n) is 4.18. The van der Waals surface area contributed by atoms with Gasteiger partial charge in [0.05, 0.1) is 11.8 Å². The van der Waals surface area contributed by atoms with Crippen molar-refractivity contribution >= 4 is 5.69 Å². The van der Waals surface area contributed by atoms with Crippen molar-refractivity contribution in [2.24, 2.45) is 0 Å². The number of pyridine rings is 1. The lowest BCUT2D eigenvalue weighted by Crippen LogP contribution is -2.13. The first kappa shape index (κ1) is 12.8. The number of ether oxygens (including phenoxy) is 1. The summed E-state index contributed by atoms with van der Waals surface area (Å²) in [6.07, 6.45) is 8.02. The lowest BCUT2D eigenvalue weighted by atomic mass is 10.1. The van der Waals surface area contributed by atoms with E-state index in [0.29, 0.717) is 11.6 Å². The first-order valence-corrected chi connectivity index (χ1v) is 6.11. The highest BCUT2D eigenvalue weighted by Gasteiger charge is 2.06. The third-order valence-electron chi connectivity index (χ3n) is 2.58. The molecule has 0 fully saturated rings. The number of nitrogens with two attached hydrogens (primary N) is 1. The summed E-state index contributed by atoms with van der Waals surface area (Å²) in [5.74, 6) is 0.561. The molecule has 1 rings (SSSR count). The highest BCUT2D eigenvalue weighted by Crippen LogP contribution is 2.19. The second-order valence-corrected chi connectivity index (χ2v) is 4.18. The molecule has 0 aliphatic carbocycles. The summed E-state index contributed by atoms with van der Waals surface area (Å²) in [4.78, 5) is 4.12. The molecule has 0 amide bonds. The van der Waals surface area contributed by atoms with E-state index < -0.39 is 0 Å². The van der Waals surface area contributed by atoms with Gasteiger partial charge in [-0.3, -0.25) is 0 Å². The molecule has 0 aliphatic heterocycles. The van der Waals surface area contributed by atoms with Crippen molar-refractivity contribution in [2.45, 2.75) is 52.1 Å². The van der Waals surface area contributed by atoms with Crippen LogP contribution in [0.5, 0.6) is 5.88 Å². The number of nitrogens with zero attached hydrogens (tertiary/aromatic N) is 1. The molecule has 0 saturated heterocycles. The van der Waals surface area contributed by atoms with E-state index in [9.17, 15) is 0 Å². The molecule has 0 aromatic carbocycles. The summed E-state index contributed by atoms with van der Waals surface area (Å²) in [6.45, 7) is 4.29. The maximum atomic E-state index is 5.76. The lowest BCUT2D eigenvalue weighted by molar-refractivity contribution is 0.199. The molecule has 1 aromatic rings. The molecular formula is C13H22N2O. The number of hydrogen-bond acceptors (Lipinski definition) is 3. The van der Waals surface area contributed by atoms with Gasteiger partial charge < -0.3 is 10.5 Å². The van der Waals surface area contributed by atoms with Gasteiger partial charge in [-0.2, -0.15) is 0 Å². The molecule has 2 N–H and O–H groups in total. The SMILES string of the molecule is CCCCCCC(C)Oc1ncccc1N. The molecule has 0 bridgehead atoms. The summed E-state index contributed by atoms with van der Waals surface area (Å²) < 4.78 is 5.69. The topological polar surface area (TPSA) is 48.1 Å². The summed E-state index contributed by atoms with van der Waals surface area (Å²) >= 11 is 0. The van der Waals surface area contributed by atoms with Crippen LogP contribution in [0.3, 0.4) is 0 Å². The fourth-order valence-electron chi connectivity index (χ4n) is 1.61. The fourth-order valence-corrected chi connectivity index (χ4v) is 1.61. The summed E-state index contributed by atoms with van der Waals surface area (Å²) in [7, 11) is 0. The van der Waals surface area contributed by atoms with E-state index in [-0.39, 0.29) is 6.10 Å². The Morgan fingerprint density at radius 3 is 2.88 bits per heavy atom. The van der Waals surface area contributed by atoms with Gasteiger partial charge in [0.25, 0.3) is 0 Å². The molecule has 0 aliphatic rings. The smallest absolute Gasteiger partial charge is 0.237 e. The van der Waals surface area contributed by atoms with Crippen molar-refractivity contribution in [1.82, 2.24) is 4.98 Å². The van der Waals surface area contributed by atoms with Gasteiger partial charge in [0.1, 0.15) is 0 Å². The van der Waals surface area contributed by atoms with Crippen LogP contribution in [-0.2, 0) is 0 Å². The number of anilines is 1. The molecule has 90 valence electrons. The van der Waals surface area contributed by atoms with Gasteiger partial charge in [0, 0.05) is 6.20 Å². The Morgan fingerprint density at radius 1 is 1.38 bits per heavy atom. The molecule has 16 heavy (non-hydrogen) atoms. The van der Waals surface area contributed by atoms with E-state index in [1.807, 2.05) is 12.1 Å². The first-order chi connectivity index (χ1) is 7.74. The molecule has 0 radical (unpaired) electrons. The van der Waals surface area contributed by atoms with Crippen LogP contribution in [0, 0.1) is 0 Å². The number of unbranched alkanes of at least 4 members (excludes halogenated alkanes) is 3. The van der Waals surface area contributed by atoms with Crippen LogP contribution in [0.2, 0.25) is 0 Å². The van der Waals surface area contributed by atoms with E-state index in [1.165, 1.54) is 25.7 Å². The minimum absolute atomic E-state index is 0.189. The van der Waals surface area contributed by atoms with Crippen molar-refractivity contribution in [3.63, 3.8) is 0 Å². The Balaban J connectivity index is 2.28. The van der Waals surface area contributed by atoms with Gasteiger partial charge in [-0.15, -0.1) is 0 Å². The Morgan fingerprint density at radius 2 is 2.19 bits per heavy atom. The van der Waals surface area contributed by atoms with Crippen molar-refractivity contribution < 1.29 is 4.74 Å². The normalized spacial score (nSPS) is 12.4. The van der Waals surface area contributed by atoms with Crippen LogP contribution in [0.15, 0.2) is 18.3 Å². The Kier molecular flexibility index (Phi) is 5.68. The predicted octanol–water partition coefficient (Wildman–Crippen LogP) is 3.40. The van der Waals surface area contributed by atoms with Crippen LogP contribution in [0.1, 0.15) is 46.0 Å². The minimum Gasteiger partial charge on any atom is -0.473 e. The lowest BCUT2D eigenvalue weighted by Gasteiger charge is -2.14. The predicted molar refractivity (Wildman–Crippen MR) is 67.5 cm³/mol. The van der Waals surface area contributed by atoms with E-state index >= 15 is 0 Å². The number of hydrogen-bond donors (Lipinski definition) is 1. The summed E-state index contributed by atoms with van der Waals surface area (Å²) in [6, 6.07) is 3.63. The molecule has 1 heterocycles. The average Bonchev–Trinajstić information content (AvgIpc) is 2.28. The quantitative estimate of drug-likeness (QED) is 0.719. The molecule has 1 atom stereocenters. The van der Waals surface area contributed by atoms with Crippen molar-refractivity contribution in [3.8, 4) is 5.88 Å². The van der Waals surface area contributed by atoms with Gasteiger partial charge in [-0.1, -0.05) is 26.2 Å². The molecule has 1 unspecified atom stereocenters. The number of rotatable bonds is 7. The van der Waals surface area contributed by atoms with Gasteiger partial charge in [-0.05, 0) is 31.9 Å². The number of nitrogen functional groups attached to an aromatic ring is 1. The van der Waals surface area contributed by atoms with Gasteiger partial charge in [0.15, 0.2) is 0 Å². The second kappa shape index (κ2) is 7.09. The summed E-state index contributed by atoms with van der Waals surface area (Å²) in [5, 5.41) is 0. The zero-order valence-corrected chi connectivity index (χ0v) is 10.3. The highest BCUT2D eigenvalue weighted by molar-refractivity contribution is 5.46. The molecule has 0 saturated carbocycles.